The summed E-state index contributed by atoms with van der Waals surface area (Å²) in [5, 5.41) is 1.97. The molecule has 1 fully saturated rings. The molecule has 2 heterocycles. The molecule has 0 N–H and O–H groups in total. The van der Waals surface area contributed by atoms with E-state index in [4.69, 9.17) is 0 Å². The van der Waals surface area contributed by atoms with Crippen LogP contribution in [0.4, 0.5) is 4.39 Å². The van der Waals surface area contributed by atoms with Gasteiger partial charge < -0.3 is 9.80 Å². The van der Waals surface area contributed by atoms with Crippen LogP contribution in [0, 0.1) is 11.7 Å². The van der Waals surface area contributed by atoms with Gasteiger partial charge in [-0.1, -0.05) is 18.2 Å². The van der Waals surface area contributed by atoms with Crippen molar-refractivity contribution >= 4 is 23.2 Å². The standard InChI is InChI=1S/C18H19FN2O2S/c1-20(11-14-4-3-9-24-14)18(23)15-10-16(22)21(2)17(15)12-5-7-13(19)8-6-12/h3-9,15,17H,10-11H2,1-2H3/t15-,17-/m1/s1. The normalized spacial score (nSPS) is 20.5. The number of carbonyl (C=O) groups excluding carboxylic acids is 2. The van der Waals surface area contributed by atoms with Gasteiger partial charge in [-0.3, -0.25) is 9.59 Å². The zero-order valence-corrected chi connectivity index (χ0v) is 14.4. The van der Waals surface area contributed by atoms with Gasteiger partial charge in [0.2, 0.25) is 11.8 Å². The summed E-state index contributed by atoms with van der Waals surface area (Å²) < 4.78 is 13.2. The summed E-state index contributed by atoms with van der Waals surface area (Å²) in [4.78, 5) is 29.4. The zero-order valence-electron chi connectivity index (χ0n) is 13.6. The molecule has 0 saturated carbocycles. The molecular formula is C18H19FN2O2S. The van der Waals surface area contributed by atoms with Crippen molar-refractivity contribution in [2.45, 2.75) is 19.0 Å². The van der Waals surface area contributed by atoms with Crippen LogP contribution in [0.3, 0.4) is 0 Å². The highest BCUT2D eigenvalue weighted by Crippen LogP contribution is 2.38. The number of benzene rings is 1. The smallest absolute Gasteiger partial charge is 0.228 e. The van der Waals surface area contributed by atoms with Crippen molar-refractivity contribution in [2.24, 2.45) is 5.92 Å². The molecule has 0 spiro atoms. The minimum Gasteiger partial charge on any atom is -0.340 e. The van der Waals surface area contributed by atoms with E-state index in [1.165, 1.54) is 12.1 Å². The molecule has 126 valence electrons. The second kappa shape index (κ2) is 6.73. The van der Waals surface area contributed by atoms with Crippen LogP contribution in [-0.2, 0) is 16.1 Å². The van der Waals surface area contributed by atoms with Gasteiger partial charge in [0, 0.05) is 25.4 Å². The molecule has 2 atom stereocenters. The van der Waals surface area contributed by atoms with Crippen LogP contribution in [0.5, 0.6) is 0 Å². The Hall–Kier alpha value is -2.21. The number of hydrogen-bond acceptors (Lipinski definition) is 3. The molecule has 2 amide bonds. The van der Waals surface area contributed by atoms with Gasteiger partial charge in [0.25, 0.3) is 0 Å². The van der Waals surface area contributed by atoms with Gasteiger partial charge in [-0.2, -0.15) is 0 Å². The minimum absolute atomic E-state index is 0.0598. The molecule has 1 saturated heterocycles. The fourth-order valence-corrected chi connectivity index (χ4v) is 3.96. The first kappa shape index (κ1) is 16.6. The van der Waals surface area contributed by atoms with Gasteiger partial charge in [-0.25, -0.2) is 4.39 Å². The monoisotopic (exact) mass is 346 g/mol. The Kier molecular flexibility index (Phi) is 4.66. The topological polar surface area (TPSA) is 40.6 Å². The summed E-state index contributed by atoms with van der Waals surface area (Å²) in [5.41, 5.74) is 0.785. The number of amides is 2. The maximum absolute atomic E-state index is 13.2. The third-order valence-electron chi connectivity index (χ3n) is 4.46. The Balaban J connectivity index is 1.82. The van der Waals surface area contributed by atoms with Crippen LogP contribution in [0.2, 0.25) is 0 Å². The lowest BCUT2D eigenvalue weighted by atomic mass is 9.92. The van der Waals surface area contributed by atoms with Crippen LogP contribution in [0.25, 0.3) is 0 Å². The Morgan fingerprint density at radius 1 is 1.33 bits per heavy atom. The number of hydrogen-bond donors (Lipinski definition) is 0. The summed E-state index contributed by atoms with van der Waals surface area (Å²) >= 11 is 1.60. The number of rotatable bonds is 4. The number of thiophene rings is 1. The Morgan fingerprint density at radius 2 is 2.04 bits per heavy atom. The molecule has 4 nitrogen and oxygen atoms in total. The van der Waals surface area contributed by atoms with Crippen molar-refractivity contribution in [1.82, 2.24) is 9.80 Å². The van der Waals surface area contributed by atoms with E-state index in [2.05, 4.69) is 0 Å². The van der Waals surface area contributed by atoms with E-state index in [0.717, 1.165) is 10.4 Å². The van der Waals surface area contributed by atoms with Crippen LogP contribution in [0.15, 0.2) is 41.8 Å². The summed E-state index contributed by atoms with van der Waals surface area (Å²) in [6.07, 6.45) is 0.187. The largest absolute Gasteiger partial charge is 0.340 e. The third kappa shape index (κ3) is 3.19. The minimum atomic E-state index is -0.446. The molecule has 2 aromatic rings. The predicted octanol–water partition coefficient (Wildman–Crippen LogP) is 3.07. The van der Waals surface area contributed by atoms with E-state index in [9.17, 15) is 14.0 Å². The maximum atomic E-state index is 13.2. The zero-order chi connectivity index (χ0) is 17.3. The highest BCUT2D eigenvalue weighted by Gasteiger charge is 2.43. The molecule has 0 aliphatic carbocycles. The van der Waals surface area contributed by atoms with Crippen molar-refractivity contribution in [3.63, 3.8) is 0 Å². The molecule has 0 radical (unpaired) electrons. The van der Waals surface area contributed by atoms with Crippen LogP contribution >= 0.6 is 11.3 Å². The molecule has 0 bridgehead atoms. The highest BCUT2D eigenvalue weighted by molar-refractivity contribution is 7.09. The van der Waals surface area contributed by atoms with Gasteiger partial charge in [-0.05, 0) is 29.1 Å². The number of halogens is 1. The molecule has 1 aliphatic rings. The van der Waals surface area contributed by atoms with Gasteiger partial charge >= 0.3 is 0 Å². The first-order valence-electron chi connectivity index (χ1n) is 7.76. The average Bonchev–Trinajstić information content (AvgIpc) is 3.17. The fraction of sp³-hybridized carbons (Fsp3) is 0.333. The van der Waals surface area contributed by atoms with E-state index < -0.39 is 5.92 Å². The first-order valence-corrected chi connectivity index (χ1v) is 8.64. The quantitative estimate of drug-likeness (QED) is 0.854. The molecule has 24 heavy (non-hydrogen) atoms. The van der Waals surface area contributed by atoms with Gasteiger partial charge in [-0.15, -0.1) is 11.3 Å². The lowest BCUT2D eigenvalue weighted by molar-refractivity contribution is -0.135. The van der Waals surface area contributed by atoms with Crippen LogP contribution < -0.4 is 0 Å². The molecule has 1 aromatic carbocycles. The molecule has 1 aliphatic heterocycles. The van der Waals surface area contributed by atoms with Crippen molar-refractivity contribution in [2.75, 3.05) is 14.1 Å². The third-order valence-corrected chi connectivity index (χ3v) is 5.33. The molecule has 3 rings (SSSR count). The first-order chi connectivity index (χ1) is 11.5. The van der Waals surface area contributed by atoms with E-state index in [1.54, 1.807) is 47.4 Å². The summed E-state index contributed by atoms with van der Waals surface area (Å²) in [7, 11) is 3.45. The Bertz CT molecular complexity index is 730. The summed E-state index contributed by atoms with van der Waals surface area (Å²) in [6.45, 7) is 0.529. The average molecular weight is 346 g/mol. The van der Waals surface area contributed by atoms with Gasteiger partial charge in [0.15, 0.2) is 0 Å². The van der Waals surface area contributed by atoms with E-state index in [0.29, 0.717) is 6.54 Å². The lowest BCUT2D eigenvalue weighted by Crippen LogP contribution is -2.35. The van der Waals surface area contributed by atoms with Crippen molar-refractivity contribution in [3.05, 3.63) is 58.0 Å². The van der Waals surface area contributed by atoms with Gasteiger partial charge in [0.05, 0.1) is 18.5 Å². The Labute approximate surface area is 144 Å². The molecule has 0 unspecified atom stereocenters. The molecular weight excluding hydrogens is 327 g/mol. The van der Waals surface area contributed by atoms with Crippen LogP contribution in [0.1, 0.15) is 22.9 Å². The van der Waals surface area contributed by atoms with E-state index in [-0.39, 0.29) is 30.1 Å². The lowest BCUT2D eigenvalue weighted by Gasteiger charge is -2.27. The fourth-order valence-electron chi connectivity index (χ4n) is 3.20. The predicted molar refractivity (Wildman–Crippen MR) is 90.8 cm³/mol. The second-order valence-electron chi connectivity index (χ2n) is 6.09. The molecule has 6 heteroatoms. The number of carbonyl (C=O) groups is 2. The maximum Gasteiger partial charge on any atom is 0.228 e. The van der Waals surface area contributed by atoms with E-state index in [1.807, 2.05) is 17.5 Å². The molecule has 1 aromatic heterocycles. The van der Waals surface area contributed by atoms with Crippen molar-refractivity contribution < 1.29 is 14.0 Å². The summed E-state index contributed by atoms with van der Waals surface area (Å²) in [6, 6.07) is 9.61. The van der Waals surface area contributed by atoms with Crippen molar-refractivity contribution in [1.29, 1.82) is 0 Å². The second-order valence-corrected chi connectivity index (χ2v) is 7.12. The van der Waals surface area contributed by atoms with Crippen LogP contribution in [-0.4, -0.2) is 35.7 Å². The Morgan fingerprint density at radius 3 is 2.67 bits per heavy atom. The number of nitrogens with zero attached hydrogens (tertiary/aromatic N) is 2. The summed E-state index contributed by atoms with van der Waals surface area (Å²) in [5.74, 6) is -0.899. The number of likely N-dealkylation sites (tertiary alicyclic amines) is 1. The van der Waals surface area contributed by atoms with Crippen molar-refractivity contribution in [3.8, 4) is 0 Å². The van der Waals surface area contributed by atoms with Gasteiger partial charge in [0.1, 0.15) is 5.82 Å². The highest BCUT2D eigenvalue weighted by atomic mass is 32.1. The SMILES string of the molecule is CN(Cc1cccs1)C(=O)[C@@H]1CC(=O)N(C)[C@@H]1c1ccc(F)cc1. The van der Waals surface area contributed by atoms with E-state index >= 15 is 0 Å².